The molecular formula is C19H16ClFN2O3. The number of esters is 1. The maximum Gasteiger partial charge on any atom is 0.321 e. The molecular weight excluding hydrogens is 359 g/mol. The first-order valence-electron chi connectivity index (χ1n) is 8.07. The van der Waals surface area contributed by atoms with Gasteiger partial charge in [0.2, 0.25) is 5.91 Å². The second-order valence-corrected chi connectivity index (χ2v) is 6.05. The van der Waals surface area contributed by atoms with E-state index in [9.17, 15) is 14.0 Å². The standard InChI is InChI=1S/C19H16ClFN2O3/c1-2-26-19(25)15-16(14-12(20)9-6-10-13(14)21)22-17(23-18(15)24)11-7-4-3-5-8-11/h3-10,15-16H,2H2,1H3,(H,22,23,24)/t15-,16-/m1/s1. The van der Waals surface area contributed by atoms with Crippen LogP contribution in [0.4, 0.5) is 4.39 Å². The summed E-state index contributed by atoms with van der Waals surface area (Å²) in [7, 11) is 0. The highest BCUT2D eigenvalue weighted by atomic mass is 35.5. The number of carbonyl (C=O) groups excluding carboxylic acids is 2. The van der Waals surface area contributed by atoms with E-state index in [1.807, 2.05) is 6.07 Å². The summed E-state index contributed by atoms with van der Waals surface area (Å²) in [5, 5.41) is 2.70. The summed E-state index contributed by atoms with van der Waals surface area (Å²) >= 11 is 6.16. The SMILES string of the molecule is CCOC(=O)[C@H]1C(=O)NC(c2ccccc2)=N[C@@H]1c1c(F)cccc1Cl. The summed E-state index contributed by atoms with van der Waals surface area (Å²) in [6.45, 7) is 1.72. The van der Waals surface area contributed by atoms with Crippen LogP contribution in [0.15, 0.2) is 53.5 Å². The largest absolute Gasteiger partial charge is 0.465 e. The minimum Gasteiger partial charge on any atom is -0.465 e. The van der Waals surface area contributed by atoms with E-state index in [1.54, 1.807) is 31.2 Å². The van der Waals surface area contributed by atoms with Crippen molar-refractivity contribution >= 4 is 29.3 Å². The Morgan fingerprint density at radius 1 is 1.23 bits per heavy atom. The molecule has 1 amide bonds. The number of nitrogens with zero attached hydrogens (tertiary/aromatic N) is 1. The minimum atomic E-state index is -1.32. The zero-order valence-corrected chi connectivity index (χ0v) is 14.7. The fraction of sp³-hybridized carbons (Fsp3) is 0.211. The summed E-state index contributed by atoms with van der Waals surface area (Å²) < 4.78 is 19.5. The van der Waals surface area contributed by atoms with E-state index in [0.717, 1.165) is 0 Å². The van der Waals surface area contributed by atoms with Crippen LogP contribution in [0.2, 0.25) is 5.02 Å². The van der Waals surface area contributed by atoms with E-state index in [-0.39, 0.29) is 23.0 Å². The number of hydrogen-bond donors (Lipinski definition) is 1. The summed E-state index contributed by atoms with van der Waals surface area (Å²) in [5.74, 6) is -3.09. The number of hydrogen-bond acceptors (Lipinski definition) is 4. The van der Waals surface area contributed by atoms with Gasteiger partial charge in [-0.3, -0.25) is 14.6 Å². The van der Waals surface area contributed by atoms with E-state index < -0.39 is 29.7 Å². The molecule has 0 bridgehead atoms. The molecule has 134 valence electrons. The van der Waals surface area contributed by atoms with Gasteiger partial charge in [-0.15, -0.1) is 0 Å². The third-order valence-electron chi connectivity index (χ3n) is 3.99. The molecule has 1 heterocycles. The molecule has 3 rings (SSSR count). The number of amides is 1. The fourth-order valence-corrected chi connectivity index (χ4v) is 3.09. The molecule has 0 saturated heterocycles. The van der Waals surface area contributed by atoms with Gasteiger partial charge in [-0.1, -0.05) is 48.0 Å². The number of amidine groups is 1. The van der Waals surface area contributed by atoms with Crippen molar-refractivity contribution in [1.82, 2.24) is 5.32 Å². The minimum absolute atomic E-state index is 0.00417. The van der Waals surface area contributed by atoms with Crippen molar-refractivity contribution in [2.75, 3.05) is 6.61 Å². The van der Waals surface area contributed by atoms with Gasteiger partial charge in [0.25, 0.3) is 0 Å². The lowest BCUT2D eigenvalue weighted by molar-refractivity contribution is -0.153. The van der Waals surface area contributed by atoms with Crippen LogP contribution < -0.4 is 5.32 Å². The molecule has 2 aromatic carbocycles. The van der Waals surface area contributed by atoms with Gasteiger partial charge in [0.15, 0.2) is 5.92 Å². The number of carbonyl (C=O) groups is 2. The Bertz CT molecular complexity index is 850. The van der Waals surface area contributed by atoms with Crippen LogP contribution in [0, 0.1) is 11.7 Å². The molecule has 0 saturated carbocycles. The van der Waals surface area contributed by atoms with Gasteiger partial charge < -0.3 is 10.1 Å². The third-order valence-corrected chi connectivity index (χ3v) is 4.32. The Morgan fingerprint density at radius 3 is 2.62 bits per heavy atom. The van der Waals surface area contributed by atoms with E-state index in [4.69, 9.17) is 16.3 Å². The molecule has 2 atom stereocenters. The lowest BCUT2D eigenvalue weighted by Crippen LogP contribution is -2.47. The number of halogens is 2. The number of ether oxygens (including phenoxy) is 1. The van der Waals surface area contributed by atoms with Crippen molar-refractivity contribution in [2.45, 2.75) is 13.0 Å². The van der Waals surface area contributed by atoms with Crippen molar-refractivity contribution in [3.05, 3.63) is 70.5 Å². The van der Waals surface area contributed by atoms with Crippen LogP contribution in [-0.4, -0.2) is 24.3 Å². The Labute approximate surface area is 154 Å². The van der Waals surface area contributed by atoms with Gasteiger partial charge in [-0.05, 0) is 19.1 Å². The Morgan fingerprint density at radius 2 is 1.96 bits per heavy atom. The first-order chi connectivity index (χ1) is 12.5. The first kappa shape index (κ1) is 18.1. The molecule has 0 radical (unpaired) electrons. The lowest BCUT2D eigenvalue weighted by Gasteiger charge is -2.28. The second kappa shape index (κ2) is 7.66. The predicted octanol–water partition coefficient (Wildman–Crippen LogP) is 3.28. The molecule has 0 fully saturated rings. The molecule has 0 aliphatic carbocycles. The van der Waals surface area contributed by atoms with Crippen LogP contribution in [0.1, 0.15) is 24.1 Å². The van der Waals surface area contributed by atoms with E-state index in [2.05, 4.69) is 10.3 Å². The highest BCUT2D eigenvalue weighted by Gasteiger charge is 2.43. The molecule has 1 aliphatic rings. The van der Waals surface area contributed by atoms with Crippen LogP contribution >= 0.6 is 11.6 Å². The van der Waals surface area contributed by atoms with E-state index >= 15 is 0 Å². The predicted molar refractivity (Wildman–Crippen MR) is 95.4 cm³/mol. The van der Waals surface area contributed by atoms with Gasteiger partial charge >= 0.3 is 5.97 Å². The van der Waals surface area contributed by atoms with Crippen LogP contribution in [0.25, 0.3) is 0 Å². The molecule has 2 aromatic rings. The molecule has 5 nitrogen and oxygen atoms in total. The molecule has 1 N–H and O–H groups in total. The van der Waals surface area contributed by atoms with Gasteiger partial charge in [0.1, 0.15) is 17.7 Å². The second-order valence-electron chi connectivity index (χ2n) is 5.64. The highest BCUT2D eigenvalue weighted by Crippen LogP contribution is 2.36. The highest BCUT2D eigenvalue weighted by molar-refractivity contribution is 6.31. The maximum atomic E-state index is 14.5. The Balaban J connectivity index is 2.14. The van der Waals surface area contributed by atoms with Crippen LogP contribution in [0.3, 0.4) is 0 Å². The van der Waals surface area contributed by atoms with E-state index in [1.165, 1.54) is 18.2 Å². The smallest absolute Gasteiger partial charge is 0.321 e. The maximum absolute atomic E-state index is 14.5. The average Bonchev–Trinajstić information content (AvgIpc) is 2.62. The monoisotopic (exact) mass is 374 g/mol. The van der Waals surface area contributed by atoms with Gasteiger partial charge in [0.05, 0.1) is 6.61 Å². The van der Waals surface area contributed by atoms with Crippen molar-refractivity contribution in [3.63, 3.8) is 0 Å². The first-order valence-corrected chi connectivity index (χ1v) is 8.45. The Kier molecular flexibility index (Phi) is 5.32. The zero-order chi connectivity index (χ0) is 18.7. The normalized spacial score (nSPS) is 19.5. The summed E-state index contributed by atoms with van der Waals surface area (Å²) in [4.78, 5) is 29.4. The third kappa shape index (κ3) is 3.46. The van der Waals surface area contributed by atoms with Gasteiger partial charge in [-0.2, -0.15) is 0 Å². The van der Waals surface area contributed by atoms with Crippen molar-refractivity contribution in [1.29, 1.82) is 0 Å². The van der Waals surface area contributed by atoms with Gasteiger partial charge in [-0.25, -0.2) is 4.39 Å². The number of aliphatic imine (C=N–C) groups is 1. The number of benzene rings is 2. The number of rotatable bonds is 4. The molecule has 7 heteroatoms. The lowest BCUT2D eigenvalue weighted by atomic mass is 9.90. The molecule has 0 aromatic heterocycles. The van der Waals surface area contributed by atoms with Crippen LogP contribution in [-0.2, 0) is 14.3 Å². The summed E-state index contributed by atoms with van der Waals surface area (Å²) in [5.41, 5.74) is 0.635. The van der Waals surface area contributed by atoms with Crippen molar-refractivity contribution in [3.8, 4) is 0 Å². The number of nitrogens with one attached hydrogen (secondary N) is 1. The van der Waals surface area contributed by atoms with Crippen molar-refractivity contribution < 1.29 is 18.7 Å². The van der Waals surface area contributed by atoms with Crippen LogP contribution in [0.5, 0.6) is 0 Å². The molecule has 1 aliphatic heterocycles. The van der Waals surface area contributed by atoms with Gasteiger partial charge in [0, 0.05) is 16.1 Å². The molecule has 26 heavy (non-hydrogen) atoms. The molecule has 0 unspecified atom stereocenters. The Hall–Kier alpha value is -2.73. The average molecular weight is 375 g/mol. The zero-order valence-electron chi connectivity index (χ0n) is 13.9. The molecule has 0 spiro atoms. The van der Waals surface area contributed by atoms with Crippen molar-refractivity contribution in [2.24, 2.45) is 10.9 Å². The summed E-state index contributed by atoms with van der Waals surface area (Å²) in [6, 6.07) is 11.9. The topological polar surface area (TPSA) is 67.8 Å². The van der Waals surface area contributed by atoms with E-state index in [0.29, 0.717) is 5.56 Å². The fourth-order valence-electron chi connectivity index (χ4n) is 2.82. The summed E-state index contributed by atoms with van der Waals surface area (Å²) in [6.07, 6.45) is 0. The quantitative estimate of drug-likeness (QED) is 0.659.